The molecule has 0 unspecified atom stereocenters. The van der Waals surface area contributed by atoms with Gasteiger partial charge in [0.15, 0.2) is 0 Å². The minimum atomic E-state index is -0.120. The van der Waals surface area contributed by atoms with Crippen LogP contribution in [-0.4, -0.2) is 29.1 Å². The van der Waals surface area contributed by atoms with Crippen molar-refractivity contribution in [1.82, 2.24) is 10.3 Å². The van der Waals surface area contributed by atoms with E-state index in [9.17, 15) is 4.79 Å². The molecular weight excluding hydrogens is 260 g/mol. The summed E-state index contributed by atoms with van der Waals surface area (Å²) in [5.41, 5.74) is 1.76. The van der Waals surface area contributed by atoms with E-state index < -0.39 is 0 Å². The molecule has 0 spiro atoms. The zero-order chi connectivity index (χ0) is 13.7. The average Bonchev–Trinajstić information content (AvgIpc) is 2.82. The fourth-order valence-electron chi connectivity index (χ4n) is 1.67. The number of aliphatic hydroxyl groups is 1. The van der Waals surface area contributed by atoms with E-state index in [2.05, 4.69) is 10.3 Å². The van der Waals surface area contributed by atoms with E-state index >= 15 is 0 Å². The minimum Gasteiger partial charge on any atom is -0.396 e. The van der Waals surface area contributed by atoms with Crippen LogP contribution >= 0.6 is 11.3 Å². The van der Waals surface area contributed by atoms with Gasteiger partial charge in [-0.05, 0) is 13.3 Å². The number of amides is 1. The Kier molecular flexibility index (Phi) is 4.65. The lowest BCUT2D eigenvalue weighted by Gasteiger charge is -2.01. The molecule has 100 valence electrons. The molecule has 5 heteroatoms. The van der Waals surface area contributed by atoms with Gasteiger partial charge in [-0.3, -0.25) is 4.79 Å². The third-order valence-electron chi connectivity index (χ3n) is 2.64. The summed E-state index contributed by atoms with van der Waals surface area (Å²) in [7, 11) is 0. The van der Waals surface area contributed by atoms with Gasteiger partial charge in [-0.2, -0.15) is 0 Å². The maximum atomic E-state index is 12.0. The summed E-state index contributed by atoms with van der Waals surface area (Å²) in [5.74, 6) is -0.120. The van der Waals surface area contributed by atoms with Crippen LogP contribution in [0.25, 0.3) is 10.6 Å². The van der Waals surface area contributed by atoms with Gasteiger partial charge in [0, 0.05) is 18.7 Å². The molecule has 4 nitrogen and oxygen atoms in total. The van der Waals surface area contributed by atoms with Crippen LogP contribution in [0.5, 0.6) is 0 Å². The molecule has 0 radical (unpaired) electrons. The van der Waals surface area contributed by atoms with Crippen LogP contribution in [0.15, 0.2) is 30.3 Å². The molecule has 1 aromatic carbocycles. The zero-order valence-corrected chi connectivity index (χ0v) is 11.5. The van der Waals surface area contributed by atoms with Crippen molar-refractivity contribution in [2.24, 2.45) is 0 Å². The van der Waals surface area contributed by atoms with Crippen LogP contribution < -0.4 is 5.32 Å². The van der Waals surface area contributed by atoms with Crippen molar-refractivity contribution in [1.29, 1.82) is 0 Å². The van der Waals surface area contributed by atoms with Crippen LogP contribution in [0.4, 0.5) is 0 Å². The quantitative estimate of drug-likeness (QED) is 0.823. The fraction of sp³-hybridized carbons (Fsp3) is 0.286. The third-order valence-corrected chi connectivity index (χ3v) is 3.85. The third kappa shape index (κ3) is 3.39. The Bertz CT molecular complexity index is 552. The molecule has 0 aliphatic rings. The second kappa shape index (κ2) is 6.45. The molecule has 0 aliphatic heterocycles. The number of benzene rings is 1. The van der Waals surface area contributed by atoms with E-state index in [0.29, 0.717) is 17.8 Å². The van der Waals surface area contributed by atoms with E-state index in [0.717, 1.165) is 16.3 Å². The summed E-state index contributed by atoms with van der Waals surface area (Å²) < 4.78 is 0. The number of hydrogen-bond donors (Lipinski definition) is 2. The lowest BCUT2D eigenvalue weighted by atomic mass is 10.2. The van der Waals surface area contributed by atoms with Crippen molar-refractivity contribution >= 4 is 17.2 Å². The first-order chi connectivity index (χ1) is 9.22. The standard InChI is InChI=1S/C14H16N2O2S/c1-10-12(13(18)15-8-5-9-17)19-14(16-10)11-6-3-2-4-7-11/h2-4,6-7,17H,5,8-9H2,1H3,(H,15,18). The molecule has 0 bridgehead atoms. The number of carbonyl (C=O) groups is 1. The lowest BCUT2D eigenvalue weighted by molar-refractivity contribution is 0.0954. The summed E-state index contributed by atoms with van der Waals surface area (Å²) in [6.07, 6.45) is 0.565. The molecule has 0 saturated heterocycles. The molecule has 1 amide bonds. The second-order valence-electron chi connectivity index (χ2n) is 4.13. The van der Waals surface area contributed by atoms with Crippen molar-refractivity contribution in [2.75, 3.05) is 13.2 Å². The van der Waals surface area contributed by atoms with Crippen molar-refractivity contribution in [3.05, 3.63) is 40.9 Å². The Morgan fingerprint density at radius 2 is 2.11 bits per heavy atom. The van der Waals surface area contributed by atoms with Gasteiger partial charge in [-0.1, -0.05) is 30.3 Å². The summed E-state index contributed by atoms with van der Waals surface area (Å²) >= 11 is 1.39. The SMILES string of the molecule is Cc1nc(-c2ccccc2)sc1C(=O)NCCCO. The predicted molar refractivity (Wildman–Crippen MR) is 76.3 cm³/mol. The topological polar surface area (TPSA) is 62.2 Å². The molecule has 0 fully saturated rings. The summed E-state index contributed by atoms with van der Waals surface area (Å²) in [5, 5.41) is 12.3. The summed E-state index contributed by atoms with van der Waals surface area (Å²) in [6.45, 7) is 2.40. The van der Waals surface area contributed by atoms with Crippen LogP contribution in [0.2, 0.25) is 0 Å². The van der Waals surface area contributed by atoms with Gasteiger partial charge < -0.3 is 10.4 Å². The molecule has 19 heavy (non-hydrogen) atoms. The van der Waals surface area contributed by atoms with E-state index in [1.54, 1.807) is 0 Å². The lowest BCUT2D eigenvalue weighted by Crippen LogP contribution is -2.24. The minimum absolute atomic E-state index is 0.0806. The Morgan fingerprint density at radius 1 is 1.37 bits per heavy atom. The second-order valence-corrected chi connectivity index (χ2v) is 5.13. The van der Waals surface area contributed by atoms with Crippen LogP contribution in [0.3, 0.4) is 0 Å². The van der Waals surface area contributed by atoms with Gasteiger partial charge in [0.05, 0.1) is 5.69 Å². The van der Waals surface area contributed by atoms with Crippen molar-refractivity contribution in [3.63, 3.8) is 0 Å². The van der Waals surface area contributed by atoms with E-state index in [4.69, 9.17) is 5.11 Å². The van der Waals surface area contributed by atoms with E-state index in [1.807, 2.05) is 37.3 Å². The zero-order valence-electron chi connectivity index (χ0n) is 10.7. The van der Waals surface area contributed by atoms with Gasteiger partial charge >= 0.3 is 0 Å². The molecule has 1 aromatic heterocycles. The van der Waals surface area contributed by atoms with Crippen LogP contribution in [0, 0.1) is 6.92 Å². The maximum absolute atomic E-state index is 12.0. The number of aryl methyl sites for hydroxylation is 1. The molecule has 0 aliphatic carbocycles. The number of hydrogen-bond acceptors (Lipinski definition) is 4. The first-order valence-corrected chi connectivity index (χ1v) is 6.96. The highest BCUT2D eigenvalue weighted by molar-refractivity contribution is 7.17. The molecule has 2 aromatic rings. The number of nitrogens with zero attached hydrogens (tertiary/aromatic N) is 1. The van der Waals surface area contributed by atoms with Gasteiger partial charge in [-0.25, -0.2) is 4.98 Å². The Labute approximate surface area is 116 Å². The smallest absolute Gasteiger partial charge is 0.263 e. The number of carbonyl (C=O) groups excluding carboxylic acids is 1. The average molecular weight is 276 g/mol. The number of aliphatic hydroxyl groups excluding tert-OH is 1. The van der Waals surface area contributed by atoms with Crippen LogP contribution in [-0.2, 0) is 0 Å². The molecule has 1 heterocycles. The van der Waals surface area contributed by atoms with Gasteiger partial charge in [0.1, 0.15) is 9.88 Å². The van der Waals surface area contributed by atoms with Gasteiger partial charge in [0.25, 0.3) is 5.91 Å². The summed E-state index contributed by atoms with van der Waals surface area (Å²) in [4.78, 5) is 17.0. The van der Waals surface area contributed by atoms with Crippen molar-refractivity contribution in [2.45, 2.75) is 13.3 Å². The van der Waals surface area contributed by atoms with Gasteiger partial charge in [-0.15, -0.1) is 11.3 Å². The maximum Gasteiger partial charge on any atom is 0.263 e. The Morgan fingerprint density at radius 3 is 2.79 bits per heavy atom. The highest BCUT2D eigenvalue weighted by atomic mass is 32.1. The number of thiazole rings is 1. The number of nitrogens with one attached hydrogen (secondary N) is 1. The monoisotopic (exact) mass is 276 g/mol. The first kappa shape index (κ1) is 13.7. The Hall–Kier alpha value is -1.72. The highest BCUT2D eigenvalue weighted by Crippen LogP contribution is 2.27. The fourth-order valence-corrected chi connectivity index (χ4v) is 2.66. The summed E-state index contributed by atoms with van der Waals surface area (Å²) in [6, 6.07) is 9.81. The van der Waals surface area contributed by atoms with E-state index in [-0.39, 0.29) is 12.5 Å². The van der Waals surface area contributed by atoms with Crippen molar-refractivity contribution in [3.8, 4) is 10.6 Å². The number of rotatable bonds is 5. The Balaban J connectivity index is 2.15. The van der Waals surface area contributed by atoms with E-state index in [1.165, 1.54) is 11.3 Å². The molecular formula is C14H16N2O2S. The molecule has 0 saturated carbocycles. The van der Waals surface area contributed by atoms with Gasteiger partial charge in [0.2, 0.25) is 0 Å². The largest absolute Gasteiger partial charge is 0.396 e. The normalized spacial score (nSPS) is 10.4. The van der Waals surface area contributed by atoms with Crippen molar-refractivity contribution < 1.29 is 9.90 Å². The number of aromatic nitrogens is 1. The van der Waals surface area contributed by atoms with Crippen LogP contribution in [0.1, 0.15) is 21.8 Å². The molecule has 2 rings (SSSR count). The molecule has 2 N–H and O–H groups in total. The molecule has 0 atom stereocenters. The highest BCUT2D eigenvalue weighted by Gasteiger charge is 2.15. The first-order valence-electron chi connectivity index (χ1n) is 6.14. The predicted octanol–water partition coefficient (Wildman–Crippen LogP) is 2.23.